The van der Waals surface area contributed by atoms with Gasteiger partial charge < -0.3 is 10.6 Å². The van der Waals surface area contributed by atoms with Crippen molar-refractivity contribution >= 4 is 17.5 Å². The minimum absolute atomic E-state index is 0.272. The van der Waals surface area contributed by atoms with Gasteiger partial charge in [-0.25, -0.2) is 9.07 Å². The van der Waals surface area contributed by atoms with Gasteiger partial charge in [-0.3, -0.25) is 4.79 Å². The molecule has 0 fully saturated rings. The highest BCUT2D eigenvalue weighted by Crippen LogP contribution is 2.35. The zero-order chi connectivity index (χ0) is 19.8. The maximum absolute atomic E-state index is 13.4. The van der Waals surface area contributed by atoms with Crippen molar-refractivity contribution in [3.8, 4) is 0 Å². The number of benzene rings is 2. The number of allylic oxidation sites excluding steroid dienone is 1. The van der Waals surface area contributed by atoms with Crippen LogP contribution < -0.4 is 10.6 Å². The number of carbonyl (C=O) groups is 1. The van der Waals surface area contributed by atoms with Crippen LogP contribution in [0, 0.1) is 19.7 Å². The van der Waals surface area contributed by atoms with Gasteiger partial charge in [0.25, 0.3) is 5.91 Å². The fourth-order valence-corrected chi connectivity index (χ4v) is 3.40. The Hall–Kier alpha value is -3.48. The summed E-state index contributed by atoms with van der Waals surface area (Å²) in [5.74, 6) is -0.0287. The van der Waals surface area contributed by atoms with Gasteiger partial charge in [0.15, 0.2) is 0 Å². The molecule has 1 atom stereocenters. The largest absolute Gasteiger partial charge is 0.328 e. The molecule has 1 aliphatic rings. The van der Waals surface area contributed by atoms with Crippen LogP contribution in [0.1, 0.15) is 29.7 Å². The van der Waals surface area contributed by atoms with Gasteiger partial charge in [0, 0.05) is 11.4 Å². The summed E-state index contributed by atoms with van der Waals surface area (Å²) in [4.78, 5) is 17.5. The van der Waals surface area contributed by atoms with Gasteiger partial charge in [0.2, 0.25) is 5.95 Å². The molecule has 0 aliphatic carbocycles. The van der Waals surface area contributed by atoms with E-state index in [1.54, 1.807) is 17.7 Å². The molecule has 0 unspecified atom stereocenters. The minimum Gasteiger partial charge on any atom is -0.328 e. The Morgan fingerprint density at radius 2 is 1.89 bits per heavy atom. The molecule has 4 rings (SSSR count). The third-order valence-corrected chi connectivity index (χ3v) is 4.87. The Morgan fingerprint density at radius 1 is 1.14 bits per heavy atom. The zero-order valence-corrected chi connectivity index (χ0v) is 15.8. The molecule has 0 radical (unpaired) electrons. The number of hydrogen-bond acceptors (Lipinski definition) is 4. The summed E-state index contributed by atoms with van der Waals surface area (Å²) in [6, 6.07) is 11.8. The first-order valence-corrected chi connectivity index (χ1v) is 8.95. The summed E-state index contributed by atoms with van der Waals surface area (Å²) < 4.78 is 15.1. The molecular weight excluding hydrogens is 357 g/mol. The number of rotatable bonds is 3. The number of halogens is 1. The summed E-state index contributed by atoms with van der Waals surface area (Å²) in [7, 11) is 0. The highest BCUT2D eigenvalue weighted by molar-refractivity contribution is 6.06. The normalized spacial score (nSPS) is 15.8. The molecule has 0 bridgehead atoms. The lowest BCUT2D eigenvalue weighted by atomic mass is 9.94. The summed E-state index contributed by atoms with van der Waals surface area (Å²) >= 11 is 0. The summed E-state index contributed by atoms with van der Waals surface area (Å²) in [5, 5.41) is 10.4. The van der Waals surface area contributed by atoms with E-state index in [9.17, 15) is 9.18 Å². The van der Waals surface area contributed by atoms with E-state index in [1.165, 1.54) is 18.5 Å². The van der Waals surface area contributed by atoms with Crippen LogP contribution in [0.4, 0.5) is 16.0 Å². The van der Waals surface area contributed by atoms with Crippen LogP contribution in [0.5, 0.6) is 0 Å². The smallest absolute Gasteiger partial charge is 0.255 e. The van der Waals surface area contributed by atoms with Crippen LogP contribution in [0.2, 0.25) is 0 Å². The van der Waals surface area contributed by atoms with Gasteiger partial charge in [0.1, 0.15) is 18.2 Å². The van der Waals surface area contributed by atoms with Gasteiger partial charge in [-0.05, 0) is 50.1 Å². The summed E-state index contributed by atoms with van der Waals surface area (Å²) in [6.07, 6.45) is 1.46. The Labute approximate surface area is 162 Å². The third kappa shape index (κ3) is 3.15. The molecule has 0 saturated carbocycles. The van der Waals surface area contributed by atoms with Gasteiger partial charge in [-0.15, -0.1) is 0 Å². The molecule has 2 heterocycles. The van der Waals surface area contributed by atoms with Crippen LogP contribution in [0.15, 0.2) is 60.1 Å². The van der Waals surface area contributed by atoms with Crippen molar-refractivity contribution in [1.29, 1.82) is 0 Å². The number of aryl methyl sites for hydroxylation is 2. The molecule has 2 N–H and O–H groups in total. The molecule has 3 aromatic rings. The second-order valence-electron chi connectivity index (χ2n) is 6.92. The molecule has 6 nitrogen and oxygen atoms in total. The molecule has 2 aromatic carbocycles. The molecular formula is C21H20FN5O. The van der Waals surface area contributed by atoms with Crippen LogP contribution in [0.25, 0.3) is 0 Å². The molecule has 0 saturated heterocycles. The number of hydrogen-bond donors (Lipinski definition) is 2. The predicted octanol–water partition coefficient (Wildman–Crippen LogP) is 3.96. The first-order chi connectivity index (χ1) is 13.4. The van der Waals surface area contributed by atoms with E-state index in [4.69, 9.17) is 0 Å². The van der Waals surface area contributed by atoms with Crippen LogP contribution in [0.3, 0.4) is 0 Å². The first kappa shape index (κ1) is 17.9. The lowest BCUT2D eigenvalue weighted by Crippen LogP contribution is -2.31. The third-order valence-electron chi connectivity index (χ3n) is 4.87. The number of fused-ring (bicyclic) bond motifs is 1. The monoisotopic (exact) mass is 377 g/mol. The number of nitrogens with one attached hydrogen (secondary N) is 2. The molecule has 0 spiro atoms. The number of amides is 1. The van der Waals surface area contributed by atoms with Crippen molar-refractivity contribution < 1.29 is 9.18 Å². The molecule has 1 aliphatic heterocycles. The lowest BCUT2D eigenvalue weighted by molar-refractivity contribution is -0.113. The van der Waals surface area contributed by atoms with E-state index < -0.39 is 6.04 Å². The predicted molar refractivity (Wildman–Crippen MR) is 105 cm³/mol. The first-order valence-electron chi connectivity index (χ1n) is 8.95. The number of nitrogens with zero attached hydrogens (tertiary/aromatic N) is 3. The van der Waals surface area contributed by atoms with E-state index in [0.29, 0.717) is 28.5 Å². The van der Waals surface area contributed by atoms with Crippen molar-refractivity contribution in [1.82, 2.24) is 14.8 Å². The lowest BCUT2D eigenvalue weighted by Gasteiger charge is -2.29. The van der Waals surface area contributed by atoms with Crippen LogP contribution in [-0.2, 0) is 4.79 Å². The summed E-state index contributed by atoms with van der Waals surface area (Å²) in [6.45, 7) is 5.61. The average Bonchev–Trinajstić information content (AvgIpc) is 3.11. The Morgan fingerprint density at radius 3 is 2.61 bits per heavy atom. The van der Waals surface area contributed by atoms with E-state index in [1.807, 2.05) is 38.1 Å². The molecule has 7 heteroatoms. The highest BCUT2D eigenvalue weighted by Gasteiger charge is 2.33. The van der Waals surface area contributed by atoms with E-state index in [2.05, 4.69) is 20.7 Å². The quantitative estimate of drug-likeness (QED) is 0.725. The topological polar surface area (TPSA) is 71.8 Å². The van der Waals surface area contributed by atoms with Crippen LogP contribution in [-0.4, -0.2) is 20.7 Å². The van der Waals surface area contributed by atoms with Crippen molar-refractivity contribution in [3.63, 3.8) is 0 Å². The molecule has 1 amide bonds. The Balaban J connectivity index is 1.76. The summed E-state index contributed by atoms with van der Waals surface area (Å²) in [5.41, 5.74) is 4.51. The standard InChI is InChI=1S/C21H20FN5O/c1-12-4-6-15(7-5-12)19-18(14(3)25-21-23-11-24-27(19)21)20(28)26-17-9-8-16(22)10-13(17)2/h4-11,19H,1-3H3,(H,26,28)(H,23,24,25)/t19-/m1/s1. The maximum Gasteiger partial charge on any atom is 0.255 e. The molecule has 142 valence electrons. The van der Waals surface area contributed by atoms with E-state index in [-0.39, 0.29) is 11.7 Å². The molecule has 28 heavy (non-hydrogen) atoms. The second-order valence-corrected chi connectivity index (χ2v) is 6.92. The van der Waals surface area contributed by atoms with Crippen molar-refractivity contribution in [3.05, 3.63) is 82.6 Å². The Kier molecular flexibility index (Phi) is 4.43. The molecule has 1 aromatic heterocycles. The van der Waals surface area contributed by atoms with Gasteiger partial charge in [-0.1, -0.05) is 29.8 Å². The fourth-order valence-electron chi connectivity index (χ4n) is 3.40. The van der Waals surface area contributed by atoms with E-state index in [0.717, 1.165) is 11.1 Å². The Bertz CT molecular complexity index is 1080. The van der Waals surface area contributed by atoms with Gasteiger partial charge in [0.05, 0.1) is 5.57 Å². The highest BCUT2D eigenvalue weighted by atomic mass is 19.1. The SMILES string of the molecule is CC1=C(C(=O)Nc2ccc(F)cc2C)[C@@H](c2ccc(C)cc2)n2ncnc2N1. The number of anilines is 2. The van der Waals surface area contributed by atoms with Crippen molar-refractivity contribution in [2.24, 2.45) is 0 Å². The average molecular weight is 377 g/mol. The number of aromatic nitrogens is 3. The van der Waals surface area contributed by atoms with Crippen molar-refractivity contribution in [2.45, 2.75) is 26.8 Å². The minimum atomic E-state index is -0.417. The second kappa shape index (κ2) is 6.92. The van der Waals surface area contributed by atoms with Crippen molar-refractivity contribution in [2.75, 3.05) is 10.6 Å². The fraction of sp³-hybridized carbons (Fsp3) is 0.190. The van der Waals surface area contributed by atoms with Gasteiger partial charge in [-0.2, -0.15) is 10.1 Å². The number of carbonyl (C=O) groups excluding carboxylic acids is 1. The zero-order valence-electron chi connectivity index (χ0n) is 15.8. The van der Waals surface area contributed by atoms with Crippen LogP contribution >= 0.6 is 0 Å². The maximum atomic E-state index is 13.4. The van der Waals surface area contributed by atoms with Gasteiger partial charge >= 0.3 is 0 Å². The van der Waals surface area contributed by atoms with E-state index >= 15 is 0 Å².